The summed E-state index contributed by atoms with van der Waals surface area (Å²) in [5.74, 6) is 6.43. The molecule has 2 aliphatic carbocycles. The van der Waals surface area contributed by atoms with Gasteiger partial charge in [0.1, 0.15) is 0 Å². The van der Waals surface area contributed by atoms with E-state index >= 15 is 0 Å². The van der Waals surface area contributed by atoms with E-state index in [9.17, 15) is 0 Å². The number of alkyl halides is 2. The second-order valence-electron chi connectivity index (χ2n) is 12.1. The molecule has 2 unspecified atom stereocenters. The molecule has 2 saturated carbocycles. The van der Waals surface area contributed by atoms with Crippen molar-refractivity contribution < 1.29 is 0 Å². The summed E-state index contributed by atoms with van der Waals surface area (Å²) in [4.78, 5) is 0. The van der Waals surface area contributed by atoms with Crippen molar-refractivity contribution in [2.24, 2.45) is 46.8 Å². The van der Waals surface area contributed by atoms with Gasteiger partial charge in [0.05, 0.1) is 0 Å². The molecular formula is C27H50I2. The molecule has 0 saturated heterocycles. The number of hydrogen-bond donors (Lipinski definition) is 0. The molecule has 0 heterocycles. The Hall–Kier alpha value is 1.46. The minimum Gasteiger partial charge on any atom is -0.0829 e. The lowest BCUT2D eigenvalue weighted by Crippen LogP contribution is -2.38. The molecule has 8 atom stereocenters. The van der Waals surface area contributed by atoms with E-state index in [-0.39, 0.29) is 0 Å². The summed E-state index contributed by atoms with van der Waals surface area (Å²) in [6.45, 7) is 19.8. The minimum absolute atomic E-state index is 0.457. The maximum Gasteiger partial charge on any atom is 0.0254 e. The van der Waals surface area contributed by atoms with Gasteiger partial charge in [0, 0.05) is 7.35 Å². The summed E-state index contributed by atoms with van der Waals surface area (Å²) >= 11 is 5.50. The van der Waals surface area contributed by atoms with E-state index in [2.05, 4.69) is 101 Å². The third kappa shape index (κ3) is 7.22. The standard InChI is InChI=1S/C27H50I2/c1-9-10-22(17-27(29)16-19(27)4)14-24-12-11-23(15-25(24)13-20(5)28)21(6)26(7,8)18(2)3/h18-25H,9-17H2,1-8H3/t19-,20+,21?,22-,23?,24+,25+,27-/m0/s1. The second kappa shape index (κ2) is 11.1. The molecule has 0 aromatic rings. The van der Waals surface area contributed by atoms with Crippen LogP contribution >= 0.6 is 45.2 Å². The lowest BCUT2D eigenvalue weighted by molar-refractivity contribution is 0.0392. The molecule has 0 radical (unpaired) electrons. The zero-order valence-electron chi connectivity index (χ0n) is 20.7. The Morgan fingerprint density at radius 1 is 1.03 bits per heavy atom. The molecule has 172 valence electrons. The average Bonchev–Trinajstić information content (AvgIpc) is 3.20. The van der Waals surface area contributed by atoms with Crippen molar-refractivity contribution in [1.29, 1.82) is 0 Å². The highest BCUT2D eigenvalue weighted by Gasteiger charge is 2.50. The fraction of sp³-hybridized carbons (Fsp3) is 1.00. The van der Waals surface area contributed by atoms with E-state index in [1.807, 2.05) is 0 Å². The highest BCUT2D eigenvalue weighted by molar-refractivity contribution is 14.1. The molecule has 0 aromatic carbocycles. The highest BCUT2D eigenvalue weighted by atomic mass is 127. The molecule has 0 aromatic heterocycles. The average molecular weight is 629 g/mol. The van der Waals surface area contributed by atoms with E-state index < -0.39 is 0 Å². The molecule has 29 heavy (non-hydrogen) atoms. The Labute approximate surface area is 211 Å². The quantitative estimate of drug-likeness (QED) is 0.158. The van der Waals surface area contributed by atoms with Crippen molar-refractivity contribution in [3.05, 3.63) is 0 Å². The summed E-state index contributed by atoms with van der Waals surface area (Å²) in [5, 5.41) is 0. The van der Waals surface area contributed by atoms with Crippen LogP contribution in [0.25, 0.3) is 0 Å². The summed E-state index contributed by atoms with van der Waals surface area (Å²) in [6.07, 6.45) is 13.2. The molecule has 2 rings (SSSR count). The van der Waals surface area contributed by atoms with Crippen LogP contribution in [0, 0.1) is 46.8 Å². The molecular weight excluding hydrogens is 578 g/mol. The van der Waals surface area contributed by atoms with Crippen LogP contribution in [0.1, 0.15) is 113 Å². The Balaban J connectivity index is 2.05. The molecule has 2 aliphatic rings. The fourth-order valence-electron chi connectivity index (χ4n) is 6.32. The van der Waals surface area contributed by atoms with Crippen molar-refractivity contribution in [3.8, 4) is 0 Å². The zero-order chi connectivity index (χ0) is 22.0. The first-order valence-electron chi connectivity index (χ1n) is 12.7. The number of hydrogen-bond acceptors (Lipinski definition) is 0. The first-order valence-corrected chi connectivity index (χ1v) is 15.1. The lowest BCUT2D eigenvalue weighted by atomic mass is 9.59. The molecule has 2 fully saturated rings. The van der Waals surface area contributed by atoms with Gasteiger partial charge in [-0.2, -0.15) is 0 Å². The lowest BCUT2D eigenvalue weighted by Gasteiger charge is -2.46. The van der Waals surface area contributed by atoms with Gasteiger partial charge < -0.3 is 0 Å². The van der Waals surface area contributed by atoms with Gasteiger partial charge in [0.25, 0.3) is 0 Å². The van der Waals surface area contributed by atoms with Crippen LogP contribution in [-0.4, -0.2) is 7.35 Å². The normalized spacial score (nSPS) is 36.1. The van der Waals surface area contributed by atoms with Crippen LogP contribution in [-0.2, 0) is 0 Å². The van der Waals surface area contributed by atoms with E-state index in [1.54, 1.807) is 0 Å². The SMILES string of the molecule is CCC[C@@H](C[C@H]1CCC(C(C)C(C)(C)C(C)C)C[C@H]1C[C@@H](C)I)C[C@@]1(I)C[C@@H]1C. The van der Waals surface area contributed by atoms with E-state index in [0.29, 0.717) is 8.84 Å². The molecule has 0 bridgehead atoms. The van der Waals surface area contributed by atoms with E-state index in [0.717, 1.165) is 45.3 Å². The van der Waals surface area contributed by atoms with Gasteiger partial charge in [-0.3, -0.25) is 0 Å². The molecule has 0 N–H and O–H groups in total. The van der Waals surface area contributed by atoms with E-state index in [1.165, 1.54) is 57.8 Å². The van der Waals surface area contributed by atoms with Gasteiger partial charge in [0.2, 0.25) is 0 Å². The van der Waals surface area contributed by atoms with Crippen molar-refractivity contribution >= 4 is 45.2 Å². The fourth-order valence-corrected chi connectivity index (χ4v) is 8.26. The van der Waals surface area contributed by atoms with Gasteiger partial charge in [0.15, 0.2) is 0 Å². The maximum atomic E-state index is 2.81. The first-order chi connectivity index (χ1) is 13.4. The van der Waals surface area contributed by atoms with Crippen molar-refractivity contribution in [3.63, 3.8) is 0 Å². The maximum absolute atomic E-state index is 2.81. The predicted octanol–water partition coefficient (Wildman–Crippen LogP) is 9.96. The minimum atomic E-state index is 0.457. The number of rotatable bonds is 11. The molecule has 0 amide bonds. The topological polar surface area (TPSA) is 0 Å². The first kappa shape index (κ1) is 26.7. The molecule has 2 heteroatoms. The Kier molecular flexibility index (Phi) is 10.2. The van der Waals surface area contributed by atoms with Crippen LogP contribution in [0.4, 0.5) is 0 Å². The zero-order valence-corrected chi connectivity index (χ0v) is 25.1. The van der Waals surface area contributed by atoms with Gasteiger partial charge in [-0.05, 0) is 91.8 Å². The van der Waals surface area contributed by atoms with Crippen LogP contribution in [0.15, 0.2) is 0 Å². The van der Waals surface area contributed by atoms with Crippen LogP contribution in [0.2, 0.25) is 0 Å². The van der Waals surface area contributed by atoms with Crippen LogP contribution in [0.5, 0.6) is 0 Å². The monoisotopic (exact) mass is 628 g/mol. The van der Waals surface area contributed by atoms with Gasteiger partial charge in [-0.1, -0.05) is 113 Å². The third-order valence-corrected chi connectivity index (χ3v) is 12.0. The van der Waals surface area contributed by atoms with Crippen LogP contribution < -0.4 is 0 Å². The summed E-state index contributed by atoms with van der Waals surface area (Å²) in [6, 6.07) is 0. The van der Waals surface area contributed by atoms with Crippen molar-refractivity contribution in [2.75, 3.05) is 0 Å². The Bertz CT molecular complexity index is 497. The van der Waals surface area contributed by atoms with Crippen molar-refractivity contribution in [1.82, 2.24) is 0 Å². The second-order valence-corrected chi connectivity index (χ2v) is 16.4. The van der Waals surface area contributed by atoms with Crippen molar-refractivity contribution in [2.45, 2.75) is 121 Å². The van der Waals surface area contributed by atoms with Gasteiger partial charge in [-0.15, -0.1) is 0 Å². The van der Waals surface area contributed by atoms with E-state index in [4.69, 9.17) is 0 Å². The molecule has 0 aliphatic heterocycles. The molecule has 0 spiro atoms. The molecule has 0 nitrogen and oxygen atoms in total. The number of halogens is 2. The predicted molar refractivity (Wildman–Crippen MR) is 148 cm³/mol. The summed E-state index contributed by atoms with van der Waals surface area (Å²) in [7, 11) is 0. The summed E-state index contributed by atoms with van der Waals surface area (Å²) < 4.78 is 1.47. The Morgan fingerprint density at radius 3 is 2.14 bits per heavy atom. The summed E-state index contributed by atoms with van der Waals surface area (Å²) in [5.41, 5.74) is 0.457. The Morgan fingerprint density at radius 2 is 1.66 bits per heavy atom. The largest absolute Gasteiger partial charge is 0.0829 e. The highest BCUT2D eigenvalue weighted by Crippen LogP contribution is 2.57. The third-order valence-electron chi connectivity index (χ3n) is 9.51. The van der Waals surface area contributed by atoms with Gasteiger partial charge in [-0.25, -0.2) is 0 Å². The van der Waals surface area contributed by atoms with Gasteiger partial charge >= 0.3 is 0 Å². The van der Waals surface area contributed by atoms with Crippen LogP contribution in [0.3, 0.4) is 0 Å². The smallest absolute Gasteiger partial charge is 0.0254 e.